The Kier molecular flexibility index (Phi) is 9.18. The molecule has 3 rings (SSSR count). The van der Waals surface area contributed by atoms with Gasteiger partial charge in [0.15, 0.2) is 0 Å². The van der Waals surface area contributed by atoms with Gasteiger partial charge in [-0.15, -0.1) is 0 Å². The number of ether oxygens (including phenoxy) is 3. The van der Waals surface area contributed by atoms with Crippen molar-refractivity contribution >= 4 is 5.97 Å². The molecule has 0 spiro atoms. The molecule has 0 amide bonds. The summed E-state index contributed by atoms with van der Waals surface area (Å²) in [6.45, 7) is 2.86. The maximum atomic E-state index is 11.3. The van der Waals surface area contributed by atoms with E-state index in [2.05, 4.69) is 25.1 Å². The molecule has 0 aliphatic rings. The molecule has 4 nitrogen and oxygen atoms in total. The minimum Gasteiger partial charge on any atom is -0.493 e. The highest BCUT2D eigenvalue weighted by atomic mass is 16.5. The van der Waals surface area contributed by atoms with Crippen LogP contribution in [0.1, 0.15) is 42.9 Å². The van der Waals surface area contributed by atoms with Gasteiger partial charge in [0.2, 0.25) is 0 Å². The second kappa shape index (κ2) is 12.6. The number of methoxy groups -OCH3 is 1. The average molecular weight is 433 g/mol. The van der Waals surface area contributed by atoms with Gasteiger partial charge in [0.25, 0.3) is 0 Å². The quantitative estimate of drug-likeness (QED) is 0.240. The van der Waals surface area contributed by atoms with Crippen molar-refractivity contribution in [2.45, 2.75) is 45.4 Å². The van der Waals surface area contributed by atoms with E-state index in [4.69, 9.17) is 14.2 Å². The first kappa shape index (κ1) is 23.4. The van der Waals surface area contributed by atoms with Crippen molar-refractivity contribution in [1.29, 1.82) is 0 Å². The van der Waals surface area contributed by atoms with Crippen LogP contribution in [0.4, 0.5) is 0 Å². The Morgan fingerprint density at radius 1 is 0.812 bits per heavy atom. The first-order valence-corrected chi connectivity index (χ1v) is 11.3. The van der Waals surface area contributed by atoms with Crippen LogP contribution in [0.5, 0.6) is 17.2 Å². The normalized spacial score (nSPS) is 10.6. The molecule has 0 aliphatic heterocycles. The number of carbonyl (C=O) groups excluding carboxylic acids is 1. The summed E-state index contributed by atoms with van der Waals surface area (Å²) in [5, 5.41) is 0. The number of benzene rings is 3. The summed E-state index contributed by atoms with van der Waals surface area (Å²) in [5.74, 6) is 2.40. The van der Waals surface area contributed by atoms with Gasteiger partial charge in [-0.3, -0.25) is 4.79 Å². The molecule has 32 heavy (non-hydrogen) atoms. The lowest BCUT2D eigenvalue weighted by atomic mass is 10.0. The van der Waals surface area contributed by atoms with Crippen LogP contribution in [0.25, 0.3) is 0 Å². The molecular formula is C28H32O4. The summed E-state index contributed by atoms with van der Waals surface area (Å²) in [7, 11) is 1.41. The first-order valence-electron chi connectivity index (χ1n) is 11.3. The molecule has 0 radical (unpaired) electrons. The summed E-state index contributed by atoms with van der Waals surface area (Å²) < 4.78 is 16.8. The molecule has 0 atom stereocenters. The van der Waals surface area contributed by atoms with Gasteiger partial charge >= 0.3 is 5.97 Å². The van der Waals surface area contributed by atoms with Crippen LogP contribution in [0.15, 0.2) is 72.8 Å². The van der Waals surface area contributed by atoms with Gasteiger partial charge in [0, 0.05) is 0 Å². The molecule has 0 heterocycles. The van der Waals surface area contributed by atoms with E-state index in [1.807, 2.05) is 54.6 Å². The standard InChI is InChI=1S/C28H32O4/c1-3-9-24-21-26(32-25-11-5-4-6-12-25)17-18-27(24)31-19-8-7-10-22-13-15-23(16-14-22)20-28(29)30-2/h4-6,11-18,21H,3,7-10,19-20H2,1-2H3. The van der Waals surface area contributed by atoms with E-state index < -0.39 is 0 Å². The monoisotopic (exact) mass is 432 g/mol. The summed E-state index contributed by atoms with van der Waals surface area (Å²) in [4.78, 5) is 11.3. The van der Waals surface area contributed by atoms with Gasteiger partial charge in [-0.2, -0.15) is 0 Å². The van der Waals surface area contributed by atoms with E-state index in [1.165, 1.54) is 18.2 Å². The molecule has 0 fully saturated rings. The number of para-hydroxylation sites is 1. The molecule has 0 bridgehead atoms. The number of unbranched alkanes of at least 4 members (excludes halogenated alkanes) is 1. The highest BCUT2D eigenvalue weighted by Gasteiger charge is 2.07. The van der Waals surface area contributed by atoms with Gasteiger partial charge in [0.05, 0.1) is 20.1 Å². The first-order chi connectivity index (χ1) is 15.7. The fourth-order valence-corrected chi connectivity index (χ4v) is 3.53. The third-order valence-corrected chi connectivity index (χ3v) is 5.25. The Bertz CT molecular complexity index is 964. The molecule has 0 saturated heterocycles. The minimum atomic E-state index is -0.211. The fourth-order valence-electron chi connectivity index (χ4n) is 3.53. The number of rotatable bonds is 12. The van der Waals surface area contributed by atoms with Gasteiger partial charge in [-0.25, -0.2) is 0 Å². The Labute approximate surface area is 191 Å². The Balaban J connectivity index is 1.46. The largest absolute Gasteiger partial charge is 0.493 e. The van der Waals surface area contributed by atoms with Gasteiger partial charge < -0.3 is 14.2 Å². The van der Waals surface area contributed by atoms with E-state index in [0.29, 0.717) is 13.0 Å². The molecule has 4 heteroatoms. The van der Waals surface area contributed by atoms with Crippen molar-refractivity contribution in [2.24, 2.45) is 0 Å². The van der Waals surface area contributed by atoms with Crippen LogP contribution in [-0.4, -0.2) is 19.7 Å². The van der Waals surface area contributed by atoms with E-state index >= 15 is 0 Å². The third-order valence-electron chi connectivity index (χ3n) is 5.25. The maximum Gasteiger partial charge on any atom is 0.309 e. The zero-order chi connectivity index (χ0) is 22.6. The molecule has 0 aromatic heterocycles. The molecule has 168 valence electrons. The van der Waals surface area contributed by atoms with E-state index in [1.54, 1.807) is 0 Å². The fraction of sp³-hybridized carbons (Fsp3) is 0.321. The number of hydrogen-bond acceptors (Lipinski definition) is 4. The minimum absolute atomic E-state index is 0.211. The third kappa shape index (κ3) is 7.45. The van der Waals surface area contributed by atoms with Crippen LogP contribution in [-0.2, 0) is 28.8 Å². The summed E-state index contributed by atoms with van der Waals surface area (Å²) in [6, 6.07) is 24.1. The predicted molar refractivity (Wildman–Crippen MR) is 128 cm³/mol. The number of esters is 1. The van der Waals surface area contributed by atoms with Crippen molar-refractivity contribution in [1.82, 2.24) is 0 Å². The van der Waals surface area contributed by atoms with Crippen molar-refractivity contribution in [2.75, 3.05) is 13.7 Å². The van der Waals surface area contributed by atoms with Gasteiger partial charge in [0.1, 0.15) is 17.2 Å². The lowest BCUT2D eigenvalue weighted by Gasteiger charge is -2.13. The molecule has 0 unspecified atom stereocenters. The van der Waals surface area contributed by atoms with Crippen LogP contribution >= 0.6 is 0 Å². The van der Waals surface area contributed by atoms with Crippen molar-refractivity contribution in [3.63, 3.8) is 0 Å². The average Bonchev–Trinajstić information content (AvgIpc) is 2.82. The smallest absolute Gasteiger partial charge is 0.309 e. The SMILES string of the molecule is CCCc1cc(Oc2ccccc2)ccc1OCCCCc1ccc(CC(=O)OC)cc1. The van der Waals surface area contributed by atoms with Crippen LogP contribution in [0.3, 0.4) is 0 Å². The van der Waals surface area contributed by atoms with E-state index in [0.717, 1.165) is 54.9 Å². The van der Waals surface area contributed by atoms with Crippen molar-refractivity contribution < 1.29 is 19.0 Å². The van der Waals surface area contributed by atoms with Crippen LogP contribution in [0, 0.1) is 0 Å². The molecule has 0 N–H and O–H groups in total. The summed E-state index contributed by atoms with van der Waals surface area (Å²) in [6.07, 6.45) is 5.36. The number of carbonyl (C=O) groups is 1. The Morgan fingerprint density at radius 2 is 1.56 bits per heavy atom. The molecular weight excluding hydrogens is 400 g/mol. The second-order valence-corrected chi connectivity index (χ2v) is 7.81. The van der Waals surface area contributed by atoms with Crippen LogP contribution < -0.4 is 9.47 Å². The molecule has 0 aliphatic carbocycles. The second-order valence-electron chi connectivity index (χ2n) is 7.81. The number of hydrogen-bond donors (Lipinski definition) is 0. The van der Waals surface area contributed by atoms with E-state index in [-0.39, 0.29) is 5.97 Å². The lowest BCUT2D eigenvalue weighted by molar-refractivity contribution is -0.139. The summed E-state index contributed by atoms with van der Waals surface area (Å²) in [5.41, 5.74) is 3.43. The predicted octanol–water partition coefficient (Wildman–Crippen LogP) is 6.55. The van der Waals surface area contributed by atoms with Gasteiger partial charge in [-0.1, -0.05) is 55.8 Å². The summed E-state index contributed by atoms with van der Waals surface area (Å²) >= 11 is 0. The molecule has 0 saturated carbocycles. The van der Waals surface area contributed by atoms with Crippen LogP contribution in [0.2, 0.25) is 0 Å². The molecule has 3 aromatic carbocycles. The Hall–Kier alpha value is -3.27. The van der Waals surface area contributed by atoms with E-state index in [9.17, 15) is 4.79 Å². The van der Waals surface area contributed by atoms with Crippen molar-refractivity contribution in [3.8, 4) is 17.2 Å². The lowest BCUT2D eigenvalue weighted by Crippen LogP contribution is -2.04. The topological polar surface area (TPSA) is 44.8 Å². The highest BCUT2D eigenvalue weighted by Crippen LogP contribution is 2.29. The molecule has 3 aromatic rings. The Morgan fingerprint density at radius 3 is 2.28 bits per heavy atom. The highest BCUT2D eigenvalue weighted by molar-refractivity contribution is 5.72. The zero-order valence-electron chi connectivity index (χ0n) is 19.0. The maximum absolute atomic E-state index is 11.3. The zero-order valence-corrected chi connectivity index (χ0v) is 19.0. The van der Waals surface area contributed by atoms with Crippen molar-refractivity contribution in [3.05, 3.63) is 89.5 Å². The number of aryl methyl sites for hydroxylation is 2. The van der Waals surface area contributed by atoms with Gasteiger partial charge in [-0.05, 0) is 72.7 Å².